The Labute approximate surface area is 136 Å². The van der Waals surface area contributed by atoms with E-state index < -0.39 is 17.2 Å². The van der Waals surface area contributed by atoms with Gasteiger partial charge < -0.3 is 9.84 Å². The highest BCUT2D eigenvalue weighted by Crippen LogP contribution is 2.49. The Hall–Kier alpha value is -1.73. The van der Waals surface area contributed by atoms with Crippen LogP contribution in [0.3, 0.4) is 0 Å². The highest BCUT2D eigenvalue weighted by Gasteiger charge is 2.59. The van der Waals surface area contributed by atoms with Crippen molar-refractivity contribution >= 4 is 21.7 Å². The number of rotatable bonds is 2. The number of ether oxygens (including phenoxy) is 1. The Morgan fingerprint density at radius 1 is 1.45 bits per heavy atom. The number of aromatic nitrogens is 3. The number of carbonyl (C=O) groups excluding carboxylic acids is 1. The average Bonchev–Trinajstić information content (AvgIpc) is 3.05. The van der Waals surface area contributed by atoms with E-state index in [1.165, 1.54) is 17.3 Å². The summed E-state index contributed by atoms with van der Waals surface area (Å²) in [7, 11) is 0. The molecule has 0 amide bonds. The van der Waals surface area contributed by atoms with Gasteiger partial charge in [-0.25, -0.2) is 9.67 Å². The lowest BCUT2D eigenvalue weighted by atomic mass is 9.81. The van der Waals surface area contributed by atoms with Crippen LogP contribution >= 0.6 is 15.9 Å². The van der Waals surface area contributed by atoms with Crippen LogP contribution < -0.4 is 4.74 Å². The number of hydrogen-bond donors (Lipinski definition) is 1. The minimum atomic E-state index is -1.64. The highest BCUT2D eigenvalue weighted by molar-refractivity contribution is 9.10. The first-order valence-electron chi connectivity index (χ1n) is 6.83. The number of nitrogens with zero attached hydrogens (tertiary/aromatic N) is 3. The zero-order valence-electron chi connectivity index (χ0n) is 12.4. The summed E-state index contributed by atoms with van der Waals surface area (Å²) >= 11 is 3.37. The summed E-state index contributed by atoms with van der Waals surface area (Å²) in [6, 6.07) is 5.26. The van der Waals surface area contributed by atoms with E-state index in [1.54, 1.807) is 39.0 Å². The van der Waals surface area contributed by atoms with E-state index in [2.05, 4.69) is 26.0 Å². The zero-order valence-corrected chi connectivity index (χ0v) is 14.0. The van der Waals surface area contributed by atoms with Crippen LogP contribution in [-0.2, 0) is 10.5 Å². The minimum absolute atomic E-state index is 0.273. The van der Waals surface area contributed by atoms with Gasteiger partial charge in [0.05, 0.1) is 0 Å². The van der Waals surface area contributed by atoms with E-state index in [1.807, 2.05) is 0 Å². The molecule has 2 heterocycles. The summed E-state index contributed by atoms with van der Waals surface area (Å²) in [5.41, 5.74) is -1.83. The summed E-state index contributed by atoms with van der Waals surface area (Å²) in [5.74, 6) is 0.189. The molecule has 0 spiro atoms. The Kier molecular flexibility index (Phi) is 3.37. The van der Waals surface area contributed by atoms with Gasteiger partial charge in [-0.05, 0) is 18.2 Å². The summed E-state index contributed by atoms with van der Waals surface area (Å²) in [4.78, 5) is 17.0. The largest absolute Gasteiger partial charge is 0.455 e. The molecule has 0 bridgehead atoms. The van der Waals surface area contributed by atoms with Gasteiger partial charge in [0.25, 0.3) is 5.72 Å². The third kappa shape index (κ3) is 2.07. The topological polar surface area (TPSA) is 77.2 Å². The van der Waals surface area contributed by atoms with Gasteiger partial charge in [0, 0.05) is 15.5 Å². The van der Waals surface area contributed by atoms with Crippen LogP contribution in [0.25, 0.3) is 0 Å². The molecule has 22 heavy (non-hydrogen) atoms. The summed E-state index contributed by atoms with van der Waals surface area (Å²) in [6.07, 6.45) is 1.52. The molecule has 0 aliphatic carbocycles. The highest BCUT2D eigenvalue weighted by atomic mass is 79.9. The lowest BCUT2D eigenvalue weighted by Gasteiger charge is -2.35. The molecule has 1 N–H and O–H groups in total. The van der Waals surface area contributed by atoms with E-state index in [0.29, 0.717) is 11.3 Å². The number of Topliss-reactive ketones (excluding diaryl/α,β-unsaturated/α-hetero) is 1. The number of hydrogen-bond acceptors (Lipinski definition) is 5. The van der Waals surface area contributed by atoms with Crippen molar-refractivity contribution in [2.45, 2.75) is 32.6 Å². The molecule has 1 aromatic heterocycles. The normalized spacial score (nSPS) is 24.0. The van der Waals surface area contributed by atoms with Gasteiger partial charge in [0.2, 0.25) is 5.78 Å². The Bertz CT molecular complexity index is 724. The van der Waals surface area contributed by atoms with Gasteiger partial charge in [-0.15, -0.1) is 0 Å². The second kappa shape index (κ2) is 4.89. The van der Waals surface area contributed by atoms with Crippen LogP contribution in [-0.4, -0.2) is 25.7 Å². The van der Waals surface area contributed by atoms with E-state index in [9.17, 15) is 9.90 Å². The molecule has 1 aliphatic heterocycles. The first-order valence-corrected chi connectivity index (χ1v) is 7.62. The molecule has 0 saturated carbocycles. The van der Waals surface area contributed by atoms with Gasteiger partial charge in [-0.1, -0.05) is 36.7 Å². The van der Waals surface area contributed by atoms with Crippen molar-refractivity contribution in [3.8, 4) is 5.75 Å². The van der Waals surface area contributed by atoms with Crippen molar-refractivity contribution < 1.29 is 14.6 Å². The second-order valence-electron chi connectivity index (χ2n) is 6.30. The van der Waals surface area contributed by atoms with Crippen LogP contribution in [0.2, 0.25) is 0 Å². The van der Waals surface area contributed by atoms with Crippen molar-refractivity contribution in [3.05, 3.63) is 40.9 Å². The molecule has 2 unspecified atom stereocenters. The van der Waals surface area contributed by atoms with Gasteiger partial charge in [0.1, 0.15) is 18.4 Å². The molecule has 116 valence electrons. The zero-order chi connectivity index (χ0) is 16.1. The Morgan fingerprint density at radius 3 is 2.77 bits per heavy atom. The molecule has 1 aliphatic rings. The molecule has 7 heteroatoms. The molecule has 2 aromatic rings. The van der Waals surface area contributed by atoms with Crippen molar-refractivity contribution in [2.24, 2.45) is 5.41 Å². The summed E-state index contributed by atoms with van der Waals surface area (Å²) in [5, 5.41) is 14.9. The van der Waals surface area contributed by atoms with E-state index in [0.717, 1.165) is 4.47 Å². The maximum Gasteiger partial charge on any atom is 0.292 e. The smallest absolute Gasteiger partial charge is 0.292 e. The van der Waals surface area contributed by atoms with Crippen LogP contribution in [0.1, 0.15) is 32.4 Å². The van der Waals surface area contributed by atoms with Crippen LogP contribution in [0.4, 0.5) is 0 Å². The molecular formula is C15H16BrN3O3. The number of carbonyl (C=O) groups is 1. The van der Waals surface area contributed by atoms with Gasteiger partial charge >= 0.3 is 0 Å². The predicted molar refractivity (Wildman–Crippen MR) is 82.2 cm³/mol. The first kappa shape index (κ1) is 15.2. The summed E-state index contributed by atoms with van der Waals surface area (Å²) < 4.78 is 8.02. The van der Waals surface area contributed by atoms with Crippen molar-refractivity contribution in [1.29, 1.82) is 0 Å². The quantitative estimate of drug-likeness (QED) is 0.884. The monoisotopic (exact) mass is 365 g/mol. The van der Waals surface area contributed by atoms with Gasteiger partial charge in [-0.2, -0.15) is 5.10 Å². The van der Waals surface area contributed by atoms with E-state index in [4.69, 9.17) is 4.74 Å². The second-order valence-corrected chi connectivity index (χ2v) is 7.22. The molecular weight excluding hydrogens is 350 g/mol. The Morgan fingerprint density at radius 2 is 2.18 bits per heavy atom. The predicted octanol–water partition coefficient (Wildman–Crippen LogP) is 2.43. The third-order valence-electron chi connectivity index (χ3n) is 3.67. The molecule has 6 nitrogen and oxygen atoms in total. The fraction of sp³-hybridized carbons (Fsp3) is 0.400. The molecule has 3 rings (SSSR count). The number of halogens is 1. The van der Waals surface area contributed by atoms with Crippen molar-refractivity contribution in [2.75, 3.05) is 0 Å². The van der Waals surface area contributed by atoms with Crippen LogP contribution in [0, 0.1) is 5.41 Å². The SMILES string of the molecule is CC(C)(C)C(=O)C1(n2cncn2)Oc2ccc(Br)cc2C1O. The maximum absolute atomic E-state index is 13.1. The number of ketones is 1. The lowest BCUT2D eigenvalue weighted by Crippen LogP contribution is -2.53. The average molecular weight is 366 g/mol. The van der Waals surface area contributed by atoms with Crippen molar-refractivity contribution in [1.82, 2.24) is 14.8 Å². The third-order valence-corrected chi connectivity index (χ3v) is 4.16. The van der Waals surface area contributed by atoms with Crippen LogP contribution in [0.15, 0.2) is 35.3 Å². The lowest BCUT2D eigenvalue weighted by molar-refractivity contribution is -0.167. The standard InChI is InChI=1S/C15H16BrN3O3/c1-14(2,3)13(21)15(19-8-17-7-18-19)12(20)10-6-9(16)4-5-11(10)22-15/h4-8,12,20H,1-3H3. The Balaban J connectivity index is 2.20. The molecule has 1 aromatic carbocycles. The van der Waals surface area contributed by atoms with Crippen LogP contribution in [0.5, 0.6) is 5.75 Å². The molecule has 0 fully saturated rings. The number of aliphatic hydroxyl groups excluding tert-OH is 1. The fourth-order valence-electron chi connectivity index (χ4n) is 2.62. The molecule has 2 atom stereocenters. The number of benzene rings is 1. The van der Waals surface area contributed by atoms with Gasteiger partial charge in [-0.3, -0.25) is 4.79 Å². The summed E-state index contributed by atoms with van der Waals surface area (Å²) in [6.45, 7) is 5.34. The van der Waals surface area contributed by atoms with Crippen molar-refractivity contribution in [3.63, 3.8) is 0 Å². The maximum atomic E-state index is 13.1. The molecule has 0 saturated heterocycles. The minimum Gasteiger partial charge on any atom is -0.455 e. The van der Waals surface area contributed by atoms with Gasteiger partial charge in [0.15, 0.2) is 6.10 Å². The number of aliphatic hydroxyl groups is 1. The molecule has 0 radical (unpaired) electrons. The van der Waals surface area contributed by atoms with E-state index in [-0.39, 0.29) is 5.78 Å². The first-order chi connectivity index (χ1) is 10.3. The number of fused-ring (bicyclic) bond motifs is 1. The fourth-order valence-corrected chi connectivity index (χ4v) is 3.00. The van der Waals surface area contributed by atoms with E-state index >= 15 is 0 Å².